The quantitative estimate of drug-likeness (QED) is 0.822. The molecule has 7 nitrogen and oxygen atoms in total. The van der Waals surface area contributed by atoms with E-state index >= 15 is 0 Å². The molecule has 0 bridgehead atoms. The molecule has 7 heteroatoms. The number of amides is 1. The van der Waals surface area contributed by atoms with Crippen molar-refractivity contribution >= 4 is 5.91 Å². The molecule has 1 amide bonds. The molecule has 0 unspecified atom stereocenters. The second-order valence-electron chi connectivity index (χ2n) is 7.35. The van der Waals surface area contributed by atoms with E-state index in [1.54, 1.807) is 9.58 Å². The van der Waals surface area contributed by atoms with E-state index in [9.17, 15) is 4.79 Å². The van der Waals surface area contributed by atoms with Crippen LogP contribution in [0.2, 0.25) is 0 Å². The molecule has 0 radical (unpaired) electrons. The summed E-state index contributed by atoms with van der Waals surface area (Å²) < 4.78 is 6.85. The van der Waals surface area contributed by atoms with Crippen molar-refractivity contribution in [2.45, 2.75) is 45.1 Å². The van der Waals surface area contributed by atoms with Gasteiger partial charge in [-0.25, -0.2) is 0 Å². The number of carbonyl (C=O) groups is 1. The Morgan fingerprint density at radius 3 is 2.58 bits per heavy atom. The molecule has 1 aliphatic carbocycles. The van der Waals surface area contributed by atoms with Crippen molar-refractivity contribution in [3.05, 3.63) is 35.7 Å². The van der Waals surface area contributed by atoms with E-state index in [-0.39, 0.29) is 12.5 Å². The molecule has 1 saturated carbocycles. The number of aromatic nitrogens is 4. The predicted octanol–water partition coefficient (Wildman–Crippen LogP) is 2.48. The lowest BCUT2D eigenvalue weighted by molar-refractivity contribution is -0.142. The molecule has 0 atom stereocenters. The van der Waals surface area contributed by atoms with Crippen LogP contribution in [0.15, 0.2) is 24.3 Å². The molecule has 3 rings (SSSR count). The van der Waals surface area contributed by atoms with E-state index < -0.39 is 5.54 Å². The van der Waals surface area contributed by atoms with Crippen molar-refractivity contribution in [2.24, 2.45) is 5.92 Å². The zero-order valence-corrected chi connectivity index (χ0v) is 16.0. The largest absolute Gasteiger partial charge is 0.375 e. The lowest BCUT2D eigenvalue weighted by Gasteiger charge is -2.44. The highest BCUT2D eigenvalue weighted by molar-refractivity contribution is 5.78. The maximum absolute atomic E-state index is 12.6. The highest BCUT2D eigenvalue weighted by Crippen LogP contribution is 2.43. The lowest BCUT2D eigenvalue weighted by atomic mass is 9.75. The Hall–Kier alpha value is -2.28. The van der Waals surface area contributed by atoms with Gasteiger partial charge in [0.1, 0.15) is 12.1 Å². The van der Waals surface area contributed by atoms with Crippen LogP contribution in [0.5, 0.6) is 0 Å². The summed E-state index contributed by atoms with van der Waals surface area (Å²) >= 11 is 0. The van der Waals surface area contributed by atoms with E-state index in [2.05, 4.69) is 22.4 Å². The molecule has 1 aromatic heterocycles. The number of carbonyl (C=O) groups excluding carboxylic acids is 1. The van der Waals surface area contributed by atoms with Gasteiger partial charge in [-0.1, -0.05) is 24.6 Å². The minimum atomic E-state index is -0.517. The van der Waals surface area contributed by atoms with Crippen LogP contribution in [-0.2, 0) is 15.1 Å². The van der Waals surface area contributed by atoms with Crippen LogP contribution >= 0.6 is 0 Å². The number of likely N-dealkylation sites (N-methyl/N-ethyl adjacent to an activating group) is 1. The van der Waals surface area contributed by atoms with Crippen molar-refractivity contribution in [3.8, 4) is 5.69 Å². The smallest absolute Gasteiger partial charge is 0.249 e. The summed E-state index contributed by atoms with van der Waals surface area (Å²) in [7, 11) is 3.38. The molecule has 1 fully saturated rings. The maximum atomic E-state index is 12.6. The van der Waals surface area contributed by atoms with E-state index in [1.165, 1.54) is 12.7 Å². The molecule has 0 saturated heterocycles. The Labute approximate surface area is 154 Å². The fraction of sp³-hybridized carbons (Fsp3) is 0.579. The van der Waals surface area contributed by atoms with Crippen LogP contribution in [0.4, 0.5) is 0 Å². The number of benzene rings is 1. The topological polar surface area (TPSA) is 73.1 Å². The Morgan fingerprint density at radius 1 is 1.31 bits per heavy atom. The van der Waals surface area contributed by atoms with Crippen LogP contribution in [0.3, 0.4) is 0 Å². The normalized spacial score (nSPS) is 23.0. The van der Waals surface area contributed by atoms with Crippen molar-refractivity contribution in [1.29, 1.82) is 0 Å². The number of methoxy groups -OCH3 is 1. The standard InChI is InChI=1S/C19H27N5O2/c1-14-5-7-16(8-6-14)24-18(20-21-22-24)19(11-9-15(2)10-12-19)23(3)17(25)13-26-4/h5-8,15H,9-13H2,1-4H3. The third-order valence-electron chi connectivity index (χ3n) is 5.55. The molecule has 0 aliphatic heterocycles. The number of aryl methyl sites for hydroxylation is 1. The molecule has 1 aromatic carbocycles. The van der Waals surface area contributed by atoms with Gasteiger partial charge in [0.05, 0.1) is 5.69 Å². The molecule has 0 N–H and O–H groups in total. The van der Waals surface area contributed by atoms with Gasteiger partial charge in [-0.3, -0.25) is 4.79 Å². The molecular formula is C19H27N5O2. The van der Waals surface area contributed by atoms with Gasteiger partial charge >= 0.3 is 0 Å². The van der Waals surface area contributed by atoms with Crippen molar-refractivity contribution < 1.29 is 9.53 Å². The van der Waals surface area contributed by atoms with Crippen molar-refractivity contribution in [3.63, 3.8) is 0 Å². The Balaban J connectivity index is 2.05. The fourth-order valence-electron chi connectivity index (χ4n) is 3.74. The first-order chi connectivity index (χ1) is 12.5. The Kier molecular flexibility index (Phi) is 5.36. The van der Waals surface area contributed by atoms with Gasteiger partial charge in [-0.2, -0.15) is 4.68 Å². The van der Waals surface area contributed by atoms with E-state index in [0.717, 1.165) is 37.2 Å². The van der Waals surface area contributed by atoms with Crippen LogP contribution in [0, 0.1) is 12.8 Å². The monoisotopic (exact) mass is 357 g/mol. The van der Waals surface area contributed by atoms with Gasteiger partial charge in [0.15, 0.2) is 5.82 Å². The summed E-state index contributed by atoms with van der Waals surface area (Å²) in [6.07, 6.45) is 3.75. The number of rotatable bonds is 5. The van der Waals surface area contributed by atoms with Gasteiger partial charge in [-0.15, -0.1) is 5.10 Å². The first-order valence-electron chi connectivity index (χ1n) is 9.09. The highest BCUT2D eigenvalue weighted by Gasteiger charge is 2.45. The number of tetrazole rings is 1. The van der Waals surface area contributed by atoms with Crippen molar-refractivity contribution in [2.75, 3.05) is 20.8 Å². The highest BCUT2D eigenvalue weighted by atomic mass is 16.5. The Bertz CT molecular complexity index is 748. The van der Waals surface area contributed by atoms with Crippen LogP contribution in [0.1, 0.15) is 44.0 Å². The number of ether oxygens (including phenoxy) is 1. The minimum absolute atomic E-state index is 0.0551. The van der Waals surface area contributed by atoms with Crippen LogP contribution in [0.25, 0.3) is 5.69 Å². The SMILES string of the molecule is COCC(=O)N(C)C1(c2nnnn2-c2ccc(C)cc2)CCC(C)CC1. The van der Waals surface area contributed by atoms with Gasteiger partial charge in [-0.05, 0) is 61.1 Å². The predicted molar refractivity (Wildman–Crippen MR) is 97.8 cm³/mol. The molecule has 1 heterocycles. The summed E-state index contributed by atoms with van der Waals surface area (Å²) in [4.78, 5) is 14.4. The first-order valence-corrected chi connectivity index (χ1v) is 9.09. The molecule has 2 aromatic rings. The maximum Gasteiger partial charge on any atom is 0.249 e. The third kappa shape index (κ3) is 3.35. The summed E-state index contributed by atoms with van der Waals surface area (Å²) in [5.74, 6) is 1.30. The van der Waals surface area contributed by atoms with Gasteiger partial charge in [0.2, 0.25) is 5.91 Å². The average Bonchev–Trinajstić information content (AvgIpc) is 3.13. The average molecular weight is 357 g/mol. The fourth-order valence-corrected chi connectivity index (χ4v) is 3.74. The van der Waals surface area contributed by atoms with Crippen LogP contribution in [-0.4, -0.2) is 51.8 Å². The lowest BCUT2D eigenvalue weighted by Crippen LogP contribution is -2.51. The second kappa shape index (κ2) is 7.53. The summed E-state index contributed by atoms with van der Waals surface area (Å²) in [5.41, 5.74) is 1.56. The minimum Gasteiger partial charge on any atom is -0.375 e. The second-order valence-corrected chi connectivity index (χ2v) is 7.35. The first kappa shape index (κ1) is 18.5. The van der Waals surface area contributed by atoms with E-state index in [4.69, 9.17) is 4.74 Å². The van der Waals surface area contributed by atoms with Gasteiger partial charge in [0.25, 0.3) is 0 Å². The number of hydrogen-bond donors (Lipinski definition) is 0. The Morgan fingerprint density at radius 2 is 1.96 bits per heavy atom. The number of nitrogens with zero attached hydrogens (tertiary/aromatic N) is 5. The molecular weight excluding hydrogens is 330 g/mol. The molecule has 26 heavy (non-hydrogen) atoms. The zero-order valence-electron chi connectivity index (χ0n) is 16.0. The summed E-state index contributed by atoms with van der Waals surface area (Å²) in [6.45, 7) is 4.36. The van der Waals surface area contributed by atoms with Crippen molar-refractivity contribution in [1.82, 2.24) is 25.1 Å². The van der Waals surface area contributed by atoms with E-state index in [1.807, 2.05) is 38.2 Å². The molecule has 1 aliphatic rings. The molecule has 140 valence electrons. The third-order valence-corrected chi connectivity index (χ3v) is 5.55. The van der Waals surface area contributed by atoms with E-state index in [0.29, 0.717) is 5.92 Å². The van der Waals surface area contributed by atoms with Gasteiger partial charge < -0.3 is 9.64 Å². The zero-order chi connectivity index (χ0) is 18.7. The summed E-state index contributed by atoms with van der Waals surface area (Å²) in [5, 5.41) is 12.5. The number of hydrogen-bond acceptors (Lipinski definition) is 5. The summed E-state index contributed by atoms with van der Waals surface area (Å²) in [6, 6.07) is 8.09. The van der Waals surface area contributed by atoms with Gasteiger partial charge in [0, 0.05) is 14.2 Å². The molecule has 0 spiro atoms. The van der Waals surface area contributed by atoms with Crippen LogP contribution < -0.4 is 0 Å².